The monoisotopic (exact) mass is 454 g/mol. The fourth-order valence-electron chi connectivity index (χ4n) is 3.89. The van der Waals surface area contributed by atoms with Crippen LogP contribution in [-0.2, 0) is 6.18 Å². The first-order chi connectivity index (χ1) is 15.7. The summed E-state index contributed by atoms with van der Waals surface area (Å²) in [6.07, 6.45) is 1.91. The number of benzene rings is 1. The van der Waals surface area contributed by atoms with E-state index < -0.39 is 11.7 Å². The minimum atomic E-state index is -4.46. The van der Waals surface area contributed by atoms with Crippen molar-refractivity contribution in [3.63, 3.8) is 0 Å². The number of nitrogens with zero attached hydrogens (tertiary/aromatic N) is 5. The molecule has 4 aromatic rings. The molecule has 0 unspecified atom stereocenters. The smallest absolute Gasteiger partial charge is 0.320 e. The number of fused-ring (bicyclic) bond motifs is 1. The van der Waals surface area contributed by atoms with Gasteiger partial charge in [-0.25, -0.2) is 14.3 Å². The van der Waals surface area contributed by atoms with Crippen LogP contribution >= 0.6 is 0 Å². The summed E-state index contributed by atoms with van der Waals surface area (Å²) in [5.74, 6) is -0.305. The molecule has 1 amide bonds. The van der Waals surface area contributed by atoms with Gasteiger partial charge in [-0.05, 0) is 51.0 Å². The summed E-state index contributed by atoms with van der Waals surface area (Å²) >= 11 is 0. The number of hydrogen-bond acceptors (Lipinski definition) is 4. The Morgan fingerprint density at radius 3 is 2.61 bits per heavy atom. The van der Waals surface area contributed by atoms with Gasteiger partial charge in [0.25, 0.3) is 5.91 Å². The van der Waals surface area contributed by atoms with Crippen LogP contribution in [0.2, 0.25) is 0 Å². The van der Waals surface area contributed by atoms with Gasteiger partial charge < -0.3 is 5.32 Å². The van der Waals surface area contributed by atoms with E-state index in [0.717, 1.165) is 36.0 Å². The Hall–Kier alpha value is -3.69. The maximum atomic E-state index is 13.2. The summed E-state index contributed by atoms with van der Waals surface area (Å²) in [4.78, 5) is 17.5. The third-order valence-electron chi connectivity index (χ3n) is 5.61. The van der Waals surface area contributed by atoms with Crippen molar-refractivity contribution in [2.45, 2.75) is 44.8 Å². The predicted octanol–water partition coefficient (Wildman–Crippen LogP) is 5.35. The van der Waals surface area contributed by atoms with E-state index in [9.17, 15) is 18.0 Å². The van der Waals surface area contributed by atoms with Gasteiger partial charge in [-0.1, -0.05) is 6.07 Å². The zero-order valence-corrected chi connectivity index (χ0v) is 18.0. The Labute approximate surface area is 187 Å². The number of aromatic nitrogens is 5. The second-order valence-corrected chi connectivity index (χ2v) is 8.45. The molecule has 0 aliphatic heterocycles. The number of anilines is 1. The molecule has 0 radical (unpaired) electrons. The minimum absolute atomic E-state index is 0.0765. The second-order valence-electron chi connectivity index (χ2n) is 8.45. The lowest BCUT2D eigenvalue weighted by Gasteiger charge is -2.12. The molecule has 10 heteroatoms. The molecule has 1 aliphatic carbocycles. The lowest BCUT2D eigenvalue weighted by molar-refractivity contribution is -0.137. The van der Waals surface area contributed by atoms with E-state index in [1.54, 1.807) is 29.2 Å². The second kappa shape index (κ2) is 7.72. The topological polar surface area (TPSA) is 77.6 Å². The number of rotatable bonds is 5. The third kappa shape index (κ3) is 3.96. The van der Waals surface area contributed by atoms with Crippen molar-refractivity contribution in [2.75, 3.05) is 5.32 Å². The van der Waals surface area contributed by atoms with E-state index in [1.165, 1.54) is 16.9 Å². The van der Waals surface area contributed by atoms with E-state index in [4.69, 9.17) is 0 Å². The highest BCUT2D eigenvalue weighted by Crippen LogP contribution is 2.43. The highest BCUT2D eigenvalue weighted by atomic mass is 19.4. The van der Waals surface area contributed by atoms with E-state index in [2.05, 4.69) is 20.5 Å². The zero-order valence-electron chi connectivity index (χ0n) is 18.0. The van der Waals surface area contributed by atoms with Crippen molar-refractivity contribution in [1.82, 2.24) is 24.5 Å². The lowest BCUT2D eigenvalue weighted by Crippen LogP contribution is -2.15. The number of alkyl halides is 3. The van der Waals surface area contributed by atoms with E-state index >= 15 is 0 Å². The standard InChI is InChI=1S/C23H21F3N6O/c1-13(2)31-21-15(10-28-31)8-17(11-27-21)30-22(33)19-12-29-32(20(19)14-6-7-14)18-5-3-4-16(9-18)23(24,25)26/h3-5,8-14H,6-7H2,1-2H3,(H,30,33). The third-order valence-corrected chi connectivity index (χ3v) is 5.61. The van der Waals surface area contributed by atoms with Gasteiger partial charge in [0.15, 0.2) is 5.65 Å². The van der Waals surface area contributed by atoms with Crippen LogP contribution in [0.3, 0.4) is 0 Å². The summed E-state index contributed by atoms with van der Waals surface area (Å²) in [6, 6.07) is 6.90. The average Bonchev–Trinajstić information content (AvgIpc) is 3.36. The number of nitrogens with one attached hydrogen (secondary N) is 1. The largest absolute Gasteiger partial charge is 0.416 e. The average molecular weight is 454 g/mol. The van der Waals surface area contributed by atoms with Crippen LogP contribution < -0.4 is 5.32 Å². The predicted molar refractivity (Wildman–Crippen MR) is 116 cm³/mol. The Kier molecular flexibility index (Phi) is 4.95. The number of amides is 1. The molecular weight excluding hydrogens is 433 g/mol. The van der Waals surface area contributed by atoms with Gasteiger partial charge in [-0.3, -0.25) is 4.79 Å². The normalized spacial score (nSPS) is 14.2. The SMILES string of the molecule is CC(C)n1ncc2cc(NC(=O)c3cnn(-c4cccc(C(F)(F)F)c4)c3C3CC3)cnc21. The summed E-state index contributed by atoms with van der Waals surface area (Å²) in [5, 5.41) is 12.2. The molecule has 1 aliphatic rings. The maximum Gasteiger partial charge on any atom is 0.416 e. The summed E-state index contributed by atoms with van der Waals surface area (Å²) in [6.45, 7) is 4.01. The zero-order chi connectivity index (χ0) is 23.3. The molecule has 1 fully saturated rings. The molecule has 170 valence electrons. The molecule has 7 nitrogen and oxygen atoms in total. The van der Waals surface area contributed by atoms with E-state index in [-0.39, 0.29) is 23.6 Å². The van der Waals surface area contributed by atoms with Crippen molar-refractivity contribution >= 4 is 22.6 Å². The molecule has 0 spiro atoms. The summed E-state index contributed by atoms with van der Waals surface area (Å²) in [7, 11) is 0. The van der Waals surface area contributed by atoms with Crippen molar-refractivity contribution in [2.24, 2.45) is 0 Å². The maximum absolute atomic E-state index is 13.2. The van der Waals surface area contributed by atoms with Gasteiger partial charge in [0.05, 0.1) is 46.8 Å². The molecule has 3 heterocycles. The molecule has 5 rings (SSSR count). The van der Waals surface area contributed by atoms with E-state index in [0.29, 0.717) is 16.9 Å². The highest BCUT2D eigenvalue weighted by Gasteiger charge is 2.34. The molecule has 0 atom stereocenters. The van der Waals surface area contributed by atoms with Gasteiger partial charge in [0, 0.05) is 17.3 Å². The van der Waals surface area contributed by atoms with Crippen LogP contribution in [0.15, 0.2) is 48.9 Å². The van der Waals surface area contributed by atoms with Crippen molar-refractivity contribution in [1.29, 1.82) is 0 Å². The fourth-order valence-corrected chi connectivity index (χ4v) is 3.89. The minimum Gasteiger partial charge on any atom is -0.320 e. The Morgan fingerprint density at radius 1 is 1.12 bits per heavy atom. The van der Waals surface area contributed by atoms with Gasteiger partial charge in [0.1, 0.15) is 0 Å². The molecular formula is C23H21F3N6O. The lowest BCUT2D eigenvalue weighted by atomic mass is 10.1. The molecule has 1 N–H and O–H groups in total. The van der Waals surface area contributed by atoms with Crippen molar-refractivity contribution < 1.29 is 18.0 Å². The number of carbonyl (C=O) groups excluding carboxylic acids is 1. The number of carbonyl (C=O) groups is 1. The van der Waals surface area contributed by atoms with Crippen molar-refractivity contribution in [3.8, 4) is 5.69 Å². The molecule has 0 saturated heterocycles. The molecule has 1 aromatic carbocycles. The van der Waals surface area contributed by atoms with Gasteiger partial charge >= 0.3 is 6.18 Å². The van der Waals surface area contributed by atoms with Crippen molar-refractivity contribution in [3.05, 3.63) is 65.7 Å². The molecule has 0 bridgehead atoms. The van der Waals surface area contributed by atoms with Crippen LogP contribution in [0, 0.1) is 0 Å². The Bertz CT molecular complexity index is 1350. The fraction of sp³-hybridized carbons (Fsp3) is 0.304. The van der Waals surface area contributed by atoms with Gasteiger partial charge in [0.2, 0.25) is 0 Å². The summed E-state index contributed by atoms with van der Waals surface area (Å²) < 4.78 is 42.8. The first kappa shape index (κ1) is 21.2. The number of pyridine rings is 1. The number of halogens is 3. The van der Waals surface area contributed by atoms with Crippen LogP contribution in [0.25, 0.3) is 16.7 Å². The quantitative estimate of drug-likeness (QED) is 0.441. The first-order valence-electron chi connectivity index (χ1n) is 10.6. The molecule has 33 heavy (non-hydrogen) atoms. The molecule has 1 saturated carbocycles. The van der Waals surface area contributed by atoms with Crippen LogP contribution in [0.4, 0.5) is 18.9 Å². The number of hydrogen-bond donors (Lipinski definition) is 1. The van der Waals surface area contributed by atoms with Crippen LogP contribution in [0.5, 0.6) is 0 Å². The van der Waals surface area contributed by atoms with Crippen LogP contribution in [-0.4, -0.2) is 30.5 Å². The van der Waals surface area contributed by atoms with Gasteiger partial charge in [-0.2, -0.15) is 23.4 Å². The Morgan fingerprint density at radius 2 is 1.91 bits per heavy atom. The molecule has 3 aromatic heterocycles. The Balaban J connectivity index is 1.46. The summed E-state index contributed by atoms with van der Waals surface area (Å²) in [5.41, 5.74) is 1.70. The van der Waals surface area contributed by atoms with Gasteiger partial charge in [-0.15, -0.1) is 0 Å². The van der Waals surface area contributed by atoms with E-state index in [1.807, 2.05) is 13.8 Å². The first-order valence-corrected chi connectivity index (χ1v) is 10.6. The highest BCUT2D eigenvalue weighted by molar-refractivity contribution is 6.05. The van der Waals surface area contributed by atoms with Crippen LogP contribution in [0.1, 0.15) is 60.3 Å².